The Labute approximate surface area is 162 Å². The molecule has 1 saturated carbocycles. The molecule has 2 aliphatic heterocycles. The van der Waals surface area contributed by atoms with Crippen molar-refractivity contribution >= 4 is 6.03 Å². The largest absolute Gasteiger partial charge is 0.391 e. The summed E-state index contributed by atoms with van der Waals surface area (Å²) in [5.74, 6) is 0. The van der Waals surface area contributed by atoms with Crippen LogP contribution in [0.1, 0.15) is 62.1 Å². The van der Waals surface area contributed by atoms with E-state index in [0.29, 0.717) is 19.5 Å². The van der Waals surface area contributed by atoms with Crippen LogP contribution in [0.25, 0.3) is 0 Å². The number of likely N-dealkylation sites (tertiary alicyclic amines) is 2. The van der Waals surface area contributed by atoms with Crippen molar-refractivity contribution in [3.05, 3.63) is 35.4 Å². The molecular weight excluding hydrogens is 338 g/mol. The van der Waals surface area contributed by atoms with Gasteiger partial charge in [-0.25, -0.2) is 4.79 Å². The number of amides is 2. The Bertz CT molecular complexity index is 648. The number of hydrogen-bond donors (Lipinski definition) is 2. The van der Waals surface area contributed by atoms with Crippen molar-refractivity contribution in [1.82, 2.24) is 15.1 Å². The van der Waals surface area contributed by atoms with Gasteiger partial charge in [0.1, 0.15) is 0 Å². The van der Waals surface area contributed by atoms with Crippen LogP contribution in [-0.4, -0.2) is 58.8 Å². The van der Waals surface area contributed by atoms with Gasteiger partial charge >= 0.3 is 6.03 Å². The van der Waals surface area contributed by atoms with E-state index in [-0.39, 0.29) is 23.7 Å². The fourth-order valence-electron chi connectivity index (χ4n) is 5.40. The number of aliphatic hydroxyl groups is 1. The van der Waals surface area contributed by atoms with E-state index in [0.717, 1.165) is 38.8 Å². The molecule has 2 unspecified atom stereocenters. The molecule has 2 amide bonds. The Balaban J connectivity index is 1.45. The molecular formula is C22H33N3O2. The Kier molecular flexibility index (Phi) is 5.42. The summed E-state index contributed by atoms with van der Waals surface area (Å²) >= 11 is 0. The first-order chi connectivity index (χ1) is 13.1. The molecule has 2 N–H and O–H groups in total. The van der Waals surface area contributed by atoms with Crippen molar-refractivity contribution in [2.24, 2.45) is 0 Å². The zero-order valence-electron chi connectivity index (χ0n) is 16.5. The lowest BCUT2D eigenvalue weighted by Crippen LogP contribution is -2.54. The number of hydrogen-bond acceptors (Lipinski definition) is 3. The SMILES string of the molecule is Cc1ccc(C(CNC(=O)N2CCC(O)C23CCCC3)N2CCCC2)cc1. The van der Waals surface area contributed by atoms with E-state index in [4.69, 9.17) is 0 Å². The number of nitrogens with one attached hydrogen (secondary N) is 1. The van der Waals surface area contributed by atoms with E-state index in [1.165, 1.54) is 24.0 Å². The van der Waals surface area contributed by atoms with Gasteiger partial charge in [-0.3, -0.25) is 4.90 Å². The van der Waals surface area contributed by atoms with Gasteiger partial charge in [0.05, 0.1) is 17.7 Å². The average Bonchev–Trinajstić information content (AvgIpc) is 3.41. The van der Waals surface area contributed by atoms with Gasteiger partial charge in [0.2, 0.25) is 0 Å². The van der Waals surface area contributed by atoms with E-state index in [1.54, 1.807) is 0 Å². The number of nitrogens with zero attached hydrogens (tertiary/aromatic N) is 2. The van der Waals surface area contributed by atoms with Gasteiger partial charge in [0, 0.05) is 13.1 Å². The van der Waals surface area contributed by atoms with E-state index < -0.39 is 0 Å². The summed E-state index contributed by atoms with van der Waals surface area (Å²) in [6, 6.07) is 8.94. The lowest BCUT2D eigenvalue weighted by Gasteiger charge is -2.38. The molecule has 1 aromatic carbocycles. The fraction of sp³-hybridized carbons (Fsp3) is 0.682. The quantitative estimate of drug-likeness (QED) is 0.854. The number of aryl methyl sites for hydroxylation is 1. The van der Waals surface area contributed by atoms with E-state index in [9.17, 15) is 9.90 Å². The van der Waals surface area contributed by atoms with Crippen LogP contribution in [0.4, 0.5) is 4.79 Å². The molecule has 148 valence electrons. The molecule has 2 heterocycles. The van der Waals surface area contributed by atoms with Gasteiger partial charge in [-0.2, -0.15) is 0 Å². The zero-order valence-corrected chi connectivity index (χ0v) is 16.5. The molecule has 0 bridgehead atoms. The van der Waals surface area contributed by atoms with Crippen molar-refractivity contribution in [2.75, 3.05) is 26.2 Å². The van der Waals surface area contributed by atoms with Crippen LogP contribution in [0, 0.1) is 6.92 Å². The van der Waals surface area contributed by atoms with Crippen LogP contribution in [0.5, 0.6) is 0 Å². The molecule has 3 aliphatic rings. The van der Waals surface area contributed by atoms with E-state index in [1.807, 2.05) is 4.90 Å². The summed E-state index contributed by atoms with van der Waals surface area (Å²) in [6.45, 7) is 5.61. The predicted octanol–water partition coefficient (Wildman–Crippen LogP) is 3.22. The number of carbonyl (C=O) groups excluding carboxylic acids is 1. The second-order valence-electron chi connectivity index (χ2n) is 8.62. The molecule has 0 radical (unpaired) electrons. The van der Waals surface area contributed by atoms with Crippen LogP contribution in [-0.2, 0) is 0 Å². The molecule has 5 heteroatoms. The number of benzene rings is 1. The zero-order chi connectivity index (χ0) is 18.9. The highest BCUT2D eigenvalue weighted by atomic mass is 16.3. The Hall–Kier alpha value is -1.59. The maximum atomic E-state index is 13.0. The summed E-state index contributed by atoms with van der Waals surface area (Å²) in [5, 5.41) is 13.7. The summed E-state index contributed by atoms with van der Waals surface area (Å²) in [7, 11) is 0. The van der Waals surface area contributed by atoms with Gasteiger partial charge in [0.25, 0.3) is 0 Å². The maximum absolute atomic E-state index is 13.0. The summed E-state index contributed by atoms with van der Waals surface area (Å²) in [4.78, 5) is 17.5. The Morgan fingerprint density at radius 3 is 2.48 bits per heavy atom. The predicted molar refractivity (Wildman–Crippen MR) is 107 cm³/mol. The van der Waals surface area contributed by atoms with Gasteiger partial charge in [-0.15, -0.1) is 0 Å². The normalized spacial score (nSPS) is 26.0. The third-order valence-corrected chi connectivity index (χ3v) is 6.99. The fourth-order valence-corrected chi connectivity index (χ4v) is 5.40. The summed E-state index contributed by atoms with van der Waals surface area (Å²) in [6.07, 6.45) is 6.92. The standard InChI is InChI=1S/C22H33N3O2/c1-17-6-8-18(9-7-17)19(24-13-4-5-14-24)16-23-21(27)25-15-10-20(26)22(25)11-2-3-12-22/h6-9,19-20,26H,2-5,10-16H2,1H3,(H,23,27). The van der Waals surface area contributed by atoms with Gasteiger partial charge in [-0.1, -0.05) is 42.7 Å². The highest BCUT2D eigenvalue weighted by Gasteiger charge is 2.51. The van der Waals surface area contributed by atoms with E-state index >= 15 is 0 Å². The van der Waals surface area contributed by atoms with Crippen molar-refractivity contribution in [3.63, 3.8) is 0 Å². The molecule has 27 heavy (non-hydrogen) atoms. The molecule has 4 rings (SSSR count). The second-order valence-corrected chi connectivity index (χ2v) is 8.62. The highest BCUT2D eigenvalue weighted by Crippen LogP contribution is 2.43. The van der Waals surface area contributed by atoms with Crippen molar-refractivity contribution in [1.29, 1.82) is 0 Å². The minimum atomic E-state index is -0.364. The van der Waals surface area contributed by atoms with Crippen LogP contribution in [0.15, 0.2) is 24.3 Å². The van der Waals surface area contributed by atoms with Gasteiger partial charge in [0.15, 0.2) is 0 Å². The van der Waals surface area contributed by atoms with E-state index in [2.05, 4.69) is 41.4 Å². The lowest BCUT2D eigenvalue weighted by molar-refractivity contribution is 0.0484. The third-order valence-electron chi connectivity index (χ3n) is 6.99. The van der Waals surface area contributed by atoms with Crippen molar-refractivity contribution < 1.29 is 9.90 Å². The van der Waals surface area contributed by atoms with Crippen LogP contribution in [0.2, 0.25) is 0 Å². The second kappa shape index (κ2) is 7.80. The molecule has 2 saturated heterocycles. The monoisotopic (exact) mass is 371 g/mol. The molecule has 3 fully saturated rings. The topological polar surface area (TPSA) is 55.8 Å². The Morgan fingerprint density at radius 1 is 1.15 bits per heavy atom. The molecule has 2 atom stereocenters. The first-order valence-corrected chi connectivity index (χ1v) is 10.6. The number of aliphatic hydroxyl groups excluding tert-OH is 1. The highest BCUT2D eigenvalue weighted by molar-refractivity contribution is 5.76. The molecule has 1 aromatic rings. The number of rotatable bonds is 4. The number of urea groups is 1. The minimum Gasteiger partial charge on any atom is -0.391 e. The number of carbonyl (C=O) groups is 1. The maximum Gasteiger partial charge on any atom is 0.318 e. The van der Waals surface area contributed by atoms with Crippen LogP contribution >= 0.6 is 0 Å². The third kappa shape index (κ3) is 3.59. The first-order valence-electron chi connectivity index (χ1n) is 10.6. The van der Waals surface area contributed by atoms with Crippen LogP contribution in [0.3, 0.4) is 0 Å². The van der Waals surface area contributed by atoms with Gasteiger partial charge < -0.3 is 15.3 Å². The molecule has 1 aliphatic carbocycles. The van der Waals surface area contributed by atoms with Crippen molar-refractivity contribution in [2.45, 2.75) is 69.6 Å². The Morgan fingerprint density at radius 2 is 1.81 bits per heavy atom. The van der Waals surface area contributed by atoms with Crippen LogP contribution < -0.4 is 5.32 Å². The van der Waals surface area contributed by atoms with Crippen molar-refractivity contribution in [3.8, 4) is 0 Å². The summed E-state index contributed by atoms with van der Waals surface area (Å²) < 4.78 is 0. The van der Waals surface area contributed by atoms with Gasteiger partial charge in [-0.05, 0) is 57.7 Å². The lowest BCUT2D eigenvalue weighted by atomic mass is 9.91. The average molecular weight is 372 g/mol. The molecule has 5 nitrogen and oxygen atoms in total. The first kappa shape index (κ1) is 18.8. The molecule has 1 spiro atoms. The summed E-state index contributed by atoms with van der Waals surface area (Å²) in [5.41, 5.74) is 2.23. The smallest absolute Gasteiger partial charge is 0.318 e. The minimum absolute atomic E-state index is 0.00441. The molecule has 0 aromatic heterocycles.